The van der Waals surface area contributed by atoms with Gasteiger partial charge in [-0.2, -0.15) is 10.5 Å². The summed E-state index contributed by atoms with van der Waals surface area (Å²) in [5, 5.41) is 20.6. The summed E-state index contributed by atoms with van der Waals surface area (Å²) in [6.45, 7) is 7.44. The molecule has 0 saturated carbocycles. The van der Waals surface area contributed by atoms with Gasteiger partial charge in [-0.25, -0.2) is 0 Å². The van der Waals surface area contributed by atoms with Gasteiger partial charge in [0, 0.05) is 45.7 Å². The average Bonchev–Trinajstić information content (AvgIpc) is 2.51. The molecule has 0 radical (unpaired) electrons. The Kier molecular flexibility index (Phi) is 8.42. The zero-order valence-electron chi connectivity index (χ0n) is 12.8. The van der Waals surface area contributed by atoms with Crippen LogP contribution in [0.5, 0.6) is 0 Å². The summed E-state index contributed by atoms with van der Waals surface area (Å²) < 4.78 is 0. The van der Waals surface area contributed by atoms with Crippen molar-refractivity contribution < 1.29 is 4.79 Å². The van der Waals surface area contributed by atoms with E-state index in [0.29, 0.717) is 19.4 Å². The molecule has 0 spiro atoms. The lowest BCUT2D eigenvalue weighted by Crippen LogP contribution is -2.50. The number of nitriles is 2. The maximum atomic E-state index is 11.7. The first kappa shape index (κ1) is 17.4. The molecule has 116 valence electrons. The average molecular weight is 291 g/mol. The smallest absolute Gasteiger partial charge is 0.234 e. The molecule has 0 aromatic rings. The second-order valence-corrected chi connectivity index (χ2v) is 5.45. The van der Waals surface area contributed by atoms with E-state index in [-0.39, 0.29) is 11.8 Å². The number of rotatable bonds is 8. The summed E-state index contributed by atoms with van der Waals surface area (Å²) in [6, 6.07) is 4.37. The van der Waals surface area contributed by atoms with Crippen molar-refractivity contribution in [2.45, 2.75) is 26.2 Å². The van der Waals surface area contributed by atoms with Crippen molar-refractivity contribution in [1.29, 1.82) is 10.5 Å². The predicted octanol–water partition coefficient (Wildman–Crippen LogP) is 0.574. The third-order valence-corrected chi connectivity index (χ3v) is 3.67. The Hall–Kier alpha value is -1.63. The minimum Gasteiger partial charge on any atom is -0.355 e. The van der Waals surface area contributed by atoms with E-state index in [1.807, 2.05) is 6.92 Å². The summed E-state index contributed by atoms with van der Waals surface area (Å²) in [7, 11) is 0. The fourth-order valence-corrected chi connectivity index (χ4v) is 2.40. The quantitative estimate of drug-likeness (QED) is 0.707. The monoisotopic (exact) mass is 291 g/mol. The van der Waals surface area contributed by atoms with Crippen molar-refractivity contribution in [3.8, 4) is 12.1 Å². The van der Waals surface area contributed by atoms with E-state index in [0.717, 1.165) is 45.7 Å². The maximum absolute atomic E-state index is 11.7. The molecule has 0 aliphatic carbocycles. The summed E-state index contributed by atoms with van der Waals surface area (Å²) >= 11 is 0. The third-order valence-electron chi connectivity index (χ3n) is 3.67. The van der Waals surface area contributed by atoms with Crippen LogP contribution in [0.3, 0.4) is 0 Å². The van der Waals surface area contributed by atoms with Gasteiger partial charge in [-0.15, -0.1) is 0 Å². The Balaban J connectivity index is 2.24. The van der Waals surface area contributed by atoms with Crippen LogP contribution in [0.1, 0.15) is 26.2 Å². The van der Waals surface area contributed by atoms with Gasteiger partial charge in [0.15, 0.2) is 0 Å². The van der Waals surface area contributed by atoms with Gasteiger partial charge in [-0.1, -0.05) is 6.92 Å². The first-order valence-electron chi connectivity index (χ1n) is 7.67. The van der Waals surface area contributed by atoms with Crippen LogP contribution < -0.4 is 5.32 Å². The van der Waals surface area contributed by atoms with Crippen molar-refractivity contribution in [1.82, 2.24) is 15.1 Å². The number of carbonyl (C=O) groups excluding carboxylic acids is 1. The third kappa shape index (κ3) is 7.08. The molecular weight excluding hydrogens is 266 g/mol. The zero-order chi connectivity index (χ0) is 15.5. The van der Waals surface area contributed by atoms with E-state index in [2.05, 4.69) is 27.3 Å². The number of hydrogen-bond acceptors (Lipinski definition) is 5. The van der Waals surface area contributed by atoms with Gasteiger partial charge < -0.3 is 5.32 Å². The van der Waals surface area contributed by atoms with Gasteiger partial charge in [0.1, 0.15) is 0 Å². The highest BCUT2D eigenvalue weighted by Gasteiger charge is 2.21. The topological polar surface area (TPSA) is 83.2 Å². The number of hydrogen-bond donors (Lipinski definition) is 1. The molecule has 1 fully saturated rings. The Labute approximate surface area is 127 Å². The van der Waals surface area contributed by atoms with Crippen molar-refractivity contribution in [2.24, 2.45) is 5.92 Å². The minimum absolute atomic E-state index is 0.0657. The van der Waals surface area contributed by atoms with E-state index in [1.54, 1.807) is 0 Å². The van der Waals surface area contributed by atoms with Crippen LogP contribution in [0, 0.1) is 28.6 Å². The Bertz CT molecular complexity index is 390. The standard InChI is InChI=1S/C15H25N5O/c1-2-6-18-15(21)13-20-9-7-19(8-10-20)12-14(11-17)4-3-5-16/h14H,2-4,6-10,12-13H2,1H3,(H,18,21). The van der Waals surface area contributed by atoms with Crippen molar-refractivity contribution in [2.75, 3.05) is 45.8 Å². The van der Waals surface area contributed by atoms with Crippen LogP contribution in [-0.4, -0.2) is 61.5 Å². The van der Waals surface area contributed by atoms with Gasteiger partial charge in [0.2, 0.25) is 5.91 Å². The maximum Gasteiger partial charge on any atom is 0.234 e. The minimum atomic E-state index is -0.0657. The Morgan fingerprint density at radius 1 is 1.24 bits per heavy atom. The predicted molar refractivity (Wildman–Crippen MR) is 80.1 cm³/mol. The number of carbonyl (C=O) groups is 1. The van der Waals surface area contributed by atoms with E-state index < -0.39 is 0 Å². The molecule has 1 saturated heterocycles. The molecule has 6 nitrogen and oxygen atoms in total. The van der Waals surface area contributed by atoms with Gasteiger partial charge in [0.05, 0.1) is 24.6 Å². The van der Waals surface area contributed by atoms with Gasteiger partial charge >= 0.3 is 0 Å². The molecule has 1 heterocycles. The molecule has 0 aromatic heterocycles. The molecule has 1 amide bonds. The molecule has 0 aromatic carbocycles. The molecule has 1 N–H and O–H groups in total. The lowest BCUT2D eigenvalue weighted by atomic mass is 10.0. The van der Waals surface area contributed by atoms with Crippen molar-refractivity contribution >= 4 is 5.91 Å². The molecule has 21 heavy (non-hydrogen) atoms. The van der Waals surface area contributed by atoms with E-state index in [9.17, 15) is 4.79 Å². The fraction of sp³-hybridized carbons (Fsp3) is 0.800. The molecule has 1 aliphatic rings. The molecule has 1 unspecified atom stereocenters. The lowest BCUT2D eigenvalue weighted by molar-refractivity contribution is -0.122. The number of nitrogens with zero attached hydrogens (tertiary/aromatic N) is 4. The second-order valence-electron chi connectivity index (χ2n) is 5.45. The van der Waals surface area contributed by atoms with Crippen LogP contribution in [0.15, 0.2) is 0 Å². The normalized spacial score (nSPS) is 17.7. The summed E-state index contributed by atoms with van der Waals surface area (Å²) in [4.78, 5) is 16.1. The molecule has 6 heteroatoms. The van der Waals surface area contributed by atoms with Crippen molar-refractivity contribution in [3.05, 3.63) is 0 Å². The van der Waals surface area contributed by atoms with Gasteiger partial charge in [-0.3, -0.25) is 14.6 Å². The zero-order valence-corrected chi connectivity index (χ0v) is 12.8. The SMILES string of the molecule is CCCNC(=O)CN1CCN(CC(C#N)CCC#N)CC1. The molecule has 1 aliphatic heterocycles. The molecule has 1 atom stereocenters. The van der Waals surface area contributed by atoms with Gasteiger partial charge in [0.25, 0.3) is 0 Å². The highest BCUT2D eigenvalue weighted by molar-refractivity contribution is 5.77. The van der Waals surface area contributed by atoms with Crippen LogP contribution in [-0.2, 0) is 4.79 Å². The lowest BCUT2D eigenvalue weighted by Gasteiger charge is -2.35. The Morgan fingerprint density at radius 2 is 1.90 bits per heavy atom. The van der Waals surface area contributed by atoms with Crippen molar-refractivity contribution in [3.63, 3.8) is 0 Å². The van der Waals surface area contributed by atoms with E-state index in [4.69, 9.17) is 10.5 Å². The highest BCUT2D eigenvalue weighted by Crippen LogP contribution is 2.10. The number of nitrogens with one attached hydrogen (secondary N) is 1. The molecular formula is C15H25N5O. The summed E-state index contributed by atoms with van der Waals surface area (Å²) in [5.74, 6) is 0.0262. The molecule has 0 bridgehead atoms. The summed E-state index contributed by atoms with van der Waals surface area (Å²) in [6.07, 6.45) is 2.04. The van der Waals surface area contributed by atoms with Crippen LogP contribution >= 0.6 is 0 Å². The van der Waals surface area contributed by atoms with Crippen LogP contribution in [0.2, 0.25) is 0 Å². The highest BCUT2D eigenvalue weighted by atomic mass is 16.2. The van der Waals surface area contributed by atoms with E-state index in [1.165, 1.54) is 0 Å². The first-order valence-corrected chi connectivity index (χ1v) is 7.67. The Morgan fingerprint density at radius 3 is 2.48 bits per heavy atom. The number of piperazine rings is 1. The van der Waals surface area contributed by atoms with Gasteiger partial charge in [-0.05, 0) is 12.8 Å². The number of amides is 1. The molecule has 1 rings (SSSR count). The first-order chi connectivity index (χ1) is 10.2. The fourth-order valence-electron chi connectivity index (χ4n) is 2.40. The second kappa shape index (κ2) is 10.1. The van der Waals surface area contributed by atoms with Crippen LogP contribution in [0.4, 0.5) is 0 Å². The largest absolute Gasteiger partial charge is 0.355 e. The van der Waals surface area contributed by atoms with Crippen LogP contribution in [0.25, 0.3) is 0 Å². The van der Waals surface area contributed by atoms with E-state index >= 15 is 0 Å². The summed E-state index contributed by atoms with van der Waals surface area (Å²) in [5.41, 5.74) is 0.